The maximum Gasteiger partial charge on any atom is 0.232 e. The summed E-state index contributed by atoms with van der Waals surface area (Å²) in [7, 11) is 0. The highest BCUT2D eigenvalue weighted by atomic mass is 16.4. The first kappa shape index (κ1) is 13.7. The van der Waals surface area contributed by atoms with Gasteiger partial charge in [-0.1, -0.05) is 49.6 Å². The summed E-state index contributed by atoms with van der Waals surface area (Å²) in [4.78, 5) is 4.37. The Morgan fingerprint density at radius 2 is 1.95 bits per heavy atom. The highest BCUT2D eigenvalue weighted by molar-refractivity contribution is 5.46. The molecule has 3 rings (SSSR count). The molecule has 1 aliphatic carbocycles. The molecule has 1 heterocycles. The minimum absolute atomic E-state index is 0.367. The van der Waals surface area contributed by atoms with Crippen molar-refractivity contribution >= 4 is 5.88 Å². The average Bonchev–Trinajstić information content (AvgIpc) is 2.98. The van der Waals surface area contributed by atoms with E-state index in [-0.39, 0.29) is 0 Å². The van der Waals surface area contributed by atoms with Crippen LogP contribution < -0.4 is 5.32 Å². The first-order chi connectivity index (χ1) is 10.4. The summed E-state index contributed by atoms with van der Waals surface area (Å²) >= 11 is 0. The fourth-order valence-electron chi connectivity index (χ4n) is 2.83. The number of hydrogen-bond acceptors (Lipinski definition) is 4. The van der Waals surface area contributed by atoms with Crippen molar-refractivity contribution in [3.63, 3.8) is 0 Å². The van der Waals surface area contributed by atoms with Gasteiger partial charge in [-0.25, -0.2) is 4.98 Å². The van der Waals surface area contributed by atoms with E-state index < -0.39 is 0 Å². The van der Waals surface area contributed by atoms with Crippen LogP contribution in [0.4, 0.5) is 5.88 Å². The molecule has 1 aromatic carbocycles. The molecule has 1 aliphatic rings. The van der Waals surface area contributed by atoms with Crippen molar-refractivity contribution in [3.05, 3.63) is 47.5 Å². The molecule has 0 bridgehead atoms. The Morgan fingerprint density at radius 3 is 2.67 bits per heavy atom. The van der Waals surface area contributed by atoms with Gasteiger partial charge in [-0.15, -0.1) is 0 Å². The molecule has 0 atom stereocenters. The molecule has 0 unspecified atom stereocenters. The van der Waals surface area contributed by atoms with E-state index in [1.165, 1.54) is 19.3 Å². The highest BCUT2D eigenvalue weighted by Gasteiger charge is 2.23. The van der Waals surface area contributed by atoms with Crippen molar-refractivity contribution in [2.75, 3.05) is 5.32 Å². The van der Waals surface area contributed by atoms with Gasteiger partial charge in [0.25, 0.3) is 0 Å². The molecule has 2 aromatic rings. The normalized spacial score (nSPS) is 15.6. The average molecular weight is 281 g/mol. The van der Waals surface area contributed by atoms with Gasteiger partial charge in [-0.3, -0.25) is 0 Å². The third-order valence-corrected chi connectivity index (χ3v) is 4.00. The van der Waals surface area contributed by atoms with E-state index in [9.17, 15) is 5.26 Å². The zero-order valence-corrected chi connectivity index (χ0v) is 12.0. The number of aromatic nitrogens is 1. The van der Waals surface area contributed by atoms with Gasteiger partial charge in [-0.05, 0) is 18.4 Å². The maximum atomic E-state index is 9.21. The standard InChI is InChI=1S/C17H19N3O/c18-11-15-17(19-12-13-7-3-1-4-8-13)21-16(20-15)14-9-5-2-6-10-14/h1,3-4,7-8,14,19H,2,5-6,9-10,12H2. The number of hydrogen-bond donors (Lipinski definition) is 1. The Morgan fingerprint density at radius 1 is 1.19 bits per heavy atom. The molecular formula is C17H19N3O. The van der Waals surface area contributed by atoms with Crippen LogP contribution in [0.15, 0.2) is 34.7 Å². The second-order valence-electron chi connectivity index (χ2n) is 5.52. The second-order valence-corrected chi connectivity index (χ2v) is 5.52. The molecule has 4 nitrogen and oxygen atoms in total. The lowest BCUT2D eigenvalue weighted by molar-refractivity contribution is 0.367. The number of benzene rings is 1. The topological polar surface area (TPSA) is 61.9 Å². The number of nitrogens with zero attached hydrogens (tertiary/aromatic N) is 2. The first-order valence-corrected chi connectivity index (χ1v) is 7.55. The van der Waals surface area contributed by atoms with Crippen LogP contribution >= 0.6 is 0 Å². The SMILES string of the molecule is N#Cc1nc(C2CCCCC2)oc1NCc1ccccc1. The van der Waals surface area contributed by atoms with E-state index in [0.717, 1.165) is 24.3 Å². The molecule has 1 fully saturated rings. The van der Waals surface area contributed by atoms with E-state index in [2.05, 4.69) is 16.4 Å². The predicted molar refractivity (Wildman–Crippen MR) is 80.8 cm³/mol. The molecule has 0 spiro atoms. The minimum atomic E-state index is 0.367. The van der Waals surface area contributed by atoms with Crippen LogP contribution in [-0.2, 0) is 6.54 Å². The van der Waals surface area contributed by atoms with E-state index in [4.69, 9.17) is 4.42 Å². The molecule has 1 N–H and O–H groups in total. The van der Waals surface area contributed by atoms with Crippen molar-refractivity contribution in [1.82, 2.24) is 4.98 Å². The number of nitrogens with one attached hydrogen (secondary N) is 1. The fourth-order valence-corrected chi connectivity index (χ4v) is 2.83. The largest absolute Gasteiger partial charge is 0.424 e. The molecule has 1 saturated carbocycles. The Labute approximate surface area is 124 Å². The first-order valence-electron chi connectivity index (χ1n) is 7.55. The van der Waals surface area contributed by atoms with Crippen LogP contribution in [0.2, 0.25) is 0 Å². The van der Waals surface area contributed by atoms with Gasteiger partial charge in [0, 0.05) is 12.5 Å². The molecule has 0 aliphatic heterocycles. The molecule has 0 radical (unpaired) electrons. The summed E-state index contributed by atoms with van der Waals surface area (Å²) in [6.45, 7) is 0.634. The van der Waals surface area contributed by atoms with Crippen molar-refractivity contribution < 1.29 is 4.42 Å². The Balaban J connectivity index is 1.72. The van der Waals surface area contributed by atoms with Crippen molar-refractivity contribution in [2.45, 2.75) is 44.6 Å². The van der Waals surface area contributed by atoms with Crippen LogP contribution in [0.5, 0.6) is 0 Å². The molecule has 1 aromatic heterocycles. The van der Waals surface area contributed by atoms with E-state index >= 15 is 0 Å². The van der Waals surface area contributed by atoms with Gasteiger partial charge < -0.3 is 9.73 Å². The maximum absolute atomic E-state index is 9.21. The minimum Gasteiger partial charge on any atom is -0.424 e. The Hall–Kier alpha value is -2.28. The zero-order valence-electron chi connectivity index (χ0n) is 12.0. The smallest absolute Gasteiger partial charge is 0.232 e. The van der Waals surface area contributed by atoms with Crippen LogP contribution in [0, 0.1) is 11.3 Å². The molecular weight excluding hydrogens is 262 g/mol. The van der Waals surface area contributed by atoms with Crippen LogP contribution in [0.3, 0.4) is 0 Å². The molecule has 108 valence electrons. The highest BCUT2D eigenvalue weighted by Crippen LogP contribution is 2.34. The van der Waals surface area contributed by atoms with Gasteiger partial charge in [0.2, 0.25) is 17.5 Å². The van der Waals surface area contributed by atoms with Gasteiger partial charge >= 0.3 is 0 Å². The van der Waals surface area contributed by atoms with Gasteiger partial charge in [0.05, 0.1) is 0 Å². The van der Waals surface area contributed by atoms with E-state index in [0.29, 0.717) is 24.0 Å². The van der Waals surface area contributed by atoms with Gasteiger partial charge in [-0.2, -0.15) is 5.26 Å². The zero-order chi connectivity index (χ0) is 14.5. The summed E-state index contributed by atoms with van der Waals surface area (Å²) in [5, 5.41) is 12.4. The Bertz CT molecular complexity index is 621. The molecule has 4 heteroatoms. The van der Waals surface area contributed by atoms with Crippen LogP contribution in [0.25, 0.3) is 0 Å². The van der Waals surface area contributed by atoms with Crippen molar-refractivity contribution in [3.8, 4) is 6.07 Å². The lowest BCUT2D eigenvalue weighted by Crippen LogP contribution is -2.04. The molecule has 21 heavy (non-hydrogen) atoms. The van der Waals surface area contributed by atoms with E-state index in [1.54, 1.807) is 0 Å². The van der Waals surface area contributed by atoms with Gasteiger partial charge in [0.15, 0.2) is 0 Å². The van der Waals surface area contributed by atoms with Crippen LogP contribution in [0.1, 0.15) is 55.2 Å². The lowest BCUT2D eigenvalue weighted by Gasteiger charge is -2.17. The molecule has 0 saturated heterocycles. The molecule has 0 amide bonds. The third-order valence-electron chi connectivity index (χ3n) is 4.00. The van der Waals surface area contributed by atoms with Gasteiger partial charge in [0.1, 0.15) is 6.07 Å². The number of anilines is 1. The van der Waals surface area contributed by atoms with Crippen LogP contribution in [-0.4, -0.2) is 4.98 Å². The number of oxazole rings is 1. The predicted octanol–water partition coefficient (Wildman–Crippen LogP) is 4.21. The summed E-state index contributed by atoms with van der Waals surface area (Å²) in [5.41, 5.74) is 1.52. The Kier molecular flexibility index (Phi) is 4.20. The fraction of sp³-hybridized carbons (Fsp3) is 0.412. The summed E-state index contributed by atoms with van der Waals surface area (Å²) < 4.78 is 5.82. The lowest BCUT2D eigenvalue weighted by atomic mass is 9.89. The summed E-state index contributed by atoms with van der Waals surface area (Å²) in [6, 6.07) is 12.2. The monoisotopic (exact) mass is 281 g/mol. The second kappa shape index (κ2) is 6.45. The van der Waals surface area contributed by atoms with Crippen molar-refractivity contribution in [1.29, 1.82) is 5.26 Å². The number of rotatable bonds is 4. The third kappa shape index (κ3) is 3.25. The summed E-state index contributed by atoms with van der Waals surface area (Å²) in [6.07, 6.45) is 5.97. The summed E-state index contributed by atoms with van der Waals surface area (Å²) in [5.74, 6) is 1.60. The van der Waals surface area contributed by atoms with Crippen molar-refractivity contribution in [2.24, 2.45) is 0 Å². The quantitative estimate of drug-likeness (QED) is 0.912. The number of nitriles is 1. The van der Waals surface area contributed by atoms with E-state index in [1.807, 2.05) is 30.3 Å².